The molecular formula is C17H27N3O2. The zero-order valence-electron chi connectivity index (χ0n) is 13.7. The maximum Gasteiger partial charge on any atom is 0.333 e. The lowest BCUT2D eigenvalue weighted by atomic mass is 9.99. The molecule has 5 heteroatoms. The van der Waals surface area contributed by atoms with Crippen molar-refractivity contribution in [2.75, 3.05) is 6.54 Å². The second-order valence-electron chi connectivity index (χ2n) is 5.57. The summed E-state index contributed by atoms with van der Waals surface area (Å²) in [7, 11) is 0. The fourth-order valence-corrected chi connectivity index (χ4v) is 2.12. The molecule has 1 atom stereocenters. The van der Waals surface area contributed by atoms with Gasteiger partial charge in [0.1, 0.15) is 0 Å². The molecule has 0 aliphatic carbocycles. The van der Waals surface area contributed by atoms with Gasteiger partial charge in [0.2, 0.25) is 0 Å². The lowest BCUT2D eigenvalue weighted by Crippen LogP contribution is -2.47. The van der Waals surface area contributed by atoms with Gasteiger partial charge in [0.25, 0.3) is 5.91 Å². The summed E-state index contributed by atoms with van der Waals surface area (Å²) < 4.78 is 0. The molecule has 0 spiro atoms. The number of unbranched alkanes of at least 4 members (excludes halogenated alkanes) is 1. The maximum atomic E-state index is 11.8. The van der Waals surface area contributed by atoms with Gasteiger partial charge in [-0.2, -0.15) is 0 Å². The quantitative estimate of drug-likeness (QED) is 0.677. The van der Waals surface area contributed by atoms with E-state index in [4.69, 9.17) is 0 Å². The molecule has 1 aromatic carbocycles. The molecule has 0 bridgehead atoms. The predicted octanol–water partition coefficient (Wildman–Crippen LogP) is 3.16. The zero-order chi connectivity index (χ0) is 16.4. The SMILES string of the molecule is CCCC[C@@H](CC)CNC(=O)NNC(=O)c1ccc(C)cc1. The molecule has 0 saturated carbocycles. The van der Waals surface area contributed by atoms with E-state index in [1.165, 1.54) is 6.42 Å². The third-order valence-electron chi connectivity index (χ3n) is 3.70. The summed E-state index contributed by atoms with van der Waals surface area (Å²) in [4.78, 5) is 23.5. The normalized spacial score (nSPS) is 11.6. The topological polar surface area (TPSA) is 70.2 Å². The van der Waals surface area contributed by atoms with E-state index in [-0.39, 0.29) is 11.9 Å². The molecule has 0 heterocycles. The third-order valence-corrected chi connectivity index (χ3v) is 3.70. The van der Waals surface area contributed by atoms with Crippen LogP contribution >= 0.6 is 0 Å². The Kier molecular flexibility index (Phi) is 8.04. The van der Waals surface area contributed by atoms with Crippen molar-refractivity contribution in [1.29, 1.82) is 0 Å². The third kappa shape index (κ3) is 6.61. The lowest BCUT2D eigenvalue weighted by Gasteiger charge is -2.15. The van der Waals surface area contributed by atoms with Gasteiger partial charge in [0.15, 0.2) is 0 Å². The molecule has 3 N–H and O–H groups in total. The second kappa shape index (κ2) is 9.82. The summed E-state index contributed by atoms with van der Waals surface area (Å²) in [6.07, 6.45) is 4.49. The van der Waals surface area contributed by atoms with Crippen LogP contribution in [0.3, 0.4) is 0 Å². The van der Waals surface area contributed by atoms with Crippen molar-refractivity contribution in [3.05, 3.63) is 35.4 Å². The Hall–Kier alpha value is -2.04. The summed E-state index contributed by atoms with van der Waals surface area (Å²) in [5.74, 6) is 0.159. The van der Waals surface area contributed by atoms with Crippen LogP contribution in [0.15, 0.2) is 24.3 Å². The van der Waals surface area contributed by atoms with Crippen LogP contribution in [-0.4, -0.2) is 18.5 Å². The van der Waals surface area contributed by atoms with Crippen molar-refractivity contribution in [3.63, 3.8) is 0 Å². The van der Waals surface area contributed by atoms with Crippen molar-refractivity contribution in [1.82, 2.24) is 16.2 Å². The monoisotopic (exact) mass is 305 g/mol. The average molecular weight is 305 g/mol. The Morgan fingerprint density at radius 2 is 1.77 bits per heavy atom. The van der Waals surface area contributed by atoms with Gasteiger partial charge < -0.3 is 5.32 Å². The fourth-order valence-electron chi connectivity index (χ4n) is 2.12. The first-order valence-electron chi connectivity index (χ1n) is 7.97. The summed E-state index contributed by atoms with van der Waals surface area (Å²) in [5.41, 5.74) is 6.38. The van der Waals surface area contributed by atoms with E-state index < -0.39 is 0 Å². The molecule has 0 radical (unpaired) electrons. The molecule has 0 saturated heterocycles. The van der Waals surface area contributed by atoms with Crippen LogP contribution in [0, 0.1) is 12.8 Å². The molecule has 1 aromatic rings. The van der Waals surface area contributed by atoms with Crippen molar-refractivity contribution in [2.45, 2.75) is 46.5 Å². The number of hydrogen-bond donors (Lipinski definition) is 3. The maximum absolute atomic E-state index is 11.8. The number of nitrogens with one attached hydrogen (secondary N) is 3. The number of rotatable bonds is 7. The van der Waals surface area contributed by atoms with E-state index in [0.29, 0.717) is 18.0 Å². The van der Waals surface area contributed by atoms with E-state index in [1.54, 1.807) is 12.1 Å². The number of amides is 3. The number of hydrogen-bond acceptors (Lipinski definition) is 2. The fraction of sp³-hybridized carbons (Fsp3) is 0.529. The smallest absolute Gasteiger partial charge is 0.333 e. The molecule has 5 nitrogen and oxygen atoms in total. The first-order valence-corrected chi connectivity index (χ1v) is 7.97. The van der Waals surface area contributed by atoms with Gasteiger partial charge >= 0.3 is 6.03 Å². The van der Waals surface area contributed by atoms with Crippen LogP contribution in [0.2, 0.25) is 0 Å². The highest BCUT2D eigenvalue weighted by Crippen LogP contribution is 2.10. The summed E-state index contributed by atoms with van der Waals surface area (Å²) >= 11 is 0. The lowest BCUT2D eigenvalue weighted by molar-refractivity contribution is 0.0936. The molecule has 0 unspecified atom stereocenters. The van der Waals surface area contributed by atoms with Crippen LogP contribution in [0.5, 0.6) is 0 Å². The highest BCUT2D eigenvalue weighted by molar-refractivity contribution is 5.95. The number of carbonyl (C=O) groups is 2. The molecular weight excluding hydrogens is 278 g/mol. The van der Waals surface area contributed by atoms with Crippen molar-refractivity contribution < 1.29 is 9.59 Å². The molecule has 0 aliphatic rings. The van der Waals surface area contributed by atoms with Crippen molar-refractivity contribution in [3.8, 4) is 0 Å². The van der Waals surface area contributed by atoms with Crippen LogP contribution in [0.4, 0.5) is 4.79 Å². The minimum Gasteiger partial charge on any atom is -0.336 e. The molecule has 22 heavy (non-hydrogen) atoms. The van der Waals surface area contributed by atoms with E-state index in [0.717, 1.165) is 24.8 Å². The zero-order valence-corrected chi connectivity index (χ0v) is 13.7. The predicted molar refractivity (Wildman–Crippen MR) is 88.5 cm³/mol. The number of benzene rings is 1. The minimum atomic E-state index is -0.379. The largest absolute Gasteiger partial charge is 0.336 e. The Morgan fingerprint density at radius 3 is 2.36 bits per heavy atom. The highest BCUT2D eigenvalue weighted by atomic mass is 16.2. The van der Waals surface area contributed by atoms with Gasteiger partial charge in [-0.1, -0.05) is 50.8 Å². The number of carbonyl (C=O) groups excluding carboxylic acids is 2. The summed E-state index contributed by atoms with van der Waals surface area (Å²) in [6, 6.07) is 6.78. The highest BCUT2D eigenvalue weighted by Gasteiger charge is 2.09. The Bertz CT molecular complexity index is 471. The molecule has 0 fully saturated rings. The standard InChI is InChI=1S/C17H27N3O2/c1-4-6-7-14(5-2)12-18-17(22)20-19-16(21)15-10-8-13(3)9-11-15/h8-11,14H,4-7,12H2,1-3H3,(H,19,21)(H2,18,20,22)/t14-/m1/s1. The summed E-state index contributed by atoms with van der Waals surface area (Å²) in [5, 5.41) is 2.79. The average Bonchev–Trinajstić information content (AvgIpc) is 2.53. The van der Waals surface area contributed by atoms with E-state index in [1.807, 2.05) is 19.1 Å². The van der Waals surface area contributed by atoms with Gasteiger partial charge in [-0.25, -0.2) is 10.2 Å². The van der Waals surface area contributed by atoms with E-state index in [9.17, 15) is 9.59 Å². The van der Waals surface area contributed by atoms with E-state index >= 15 is 0 Å². The summed E-state index contributed by atoms with van der Waals surface area (Å²) in [6.45, 7) is 6.87. The van der Waals surface area contributed by atoms with Crippen LogP contribution in [-0.2, 0) is 0 Å². The minimum absolute atomic E-state index is 0.326. The van der Waals surface area contributed by atoms with Gasteiger partial charge in [-0.3, -0.25) is 10.2 Å². The van der Waals surface area contributed by atoms with Crippen LogP contribution in [0.1, 0.15) is 55.5 Å². The molecule has 0 aliphatic heterocycles. The van der Waals surface area contributed by atoms with Crippen molar-refractivity contribution >= 4 is 11.9 Å². The second-order valence-corrected chi connectivity index (χ2v) is 5.57. The van der Waals surface area contributed by atoms with Crippen molar-refractivity contribution in [2.24, 2.45) is 5.92 Å². The number of aryl methyl sites for hydroxylation is 1. The first kappa shape index (κ1) is 18.0. The number of urea groups is 1. The Morgan fingerprint density at radius 1 is 1.09 bits per heavy atom. The Labute approximate surface area is 132 Å². The van der Waals surface area contributed by atoms with Gasteiger partial charge in [0, 0.05) is 12.1 Å². The van der Waals surface area contributed by atoms with Gasteiger partial charge in [-0.05, 0) is 31.4 Å². The molecule has 0 aromatic heterocycles. The molecule has 122 valence electrons. The first-order chi connectivity index (χ1) is 10.6. The molecule has 3 amide bonds. The van der Waals surface area contributed by atoms with Crippen LogP contribution in [0.25, 0.3) is 0 Å². The van der Waals surface area contributed by atoms with Gasteiger partial charge in [0.05, 0.1) is 0 Å². The van der Waals surface area contributed by atoms with Crippen LogP contribution < -0.4 is 16.2 Å². The van der Waals surface area contributed by atoms with E-state index in [2.05, 4.69) is 30.0 Å². The number of hydrazine groups is 1. The van der Waals surface area contributed by atoms with Gasteiger partial charge in [-0.15, -0.1) is 0 Å². The Balaban J connectivity index is 2.30. The molecule has 1 rings (SSSR count).